The number of esters is 1. The fourth-order valence-electron chi connectivity index (χ4n) is 1.74. The summed E-state index contributed by atoms with van der Waals surface area (Å²) in [7, 11) is 1.26. The summed E-state index contributed by atoms with van der Waals surface area (Å²) in [4.78, 5) is 21.5. The van der Waals surface area contributed by atoms with E-state index in [1.165, 1.54) is 25.3 Å². The minimum atomic E-state index is -0.563. The molecule has 2 aromatic rings. The first kappa shape index (κ1) is 14.6. The van der Waals surface area contributed by atoms with Crippen LogP contribution in [0.25, 0.3) is 0 Å². The number of benzene rings is 1. The average Bonchev–Trinajstić information content (AvgIpc) is 2.92. The predicted molar refractivity (Wildman–Crippen MR) is 72.2 cm³/mol. The Balaban J connectivity index is 2.03. The minimum Gasteiger partial charge on any atom is -0.486 e. The lowest BCUT2D eigenvalue weighted by Gasteiger charge is -2.05. The fraction of sp³-hybridized carbons (Fsp3) is 0.214. The molecule has 1 heterocycles. The molecule has 0 aliphatic carbocycles. The van der Waals surface area contributed by atoms with Crippen LogP contribution in [0, 0.1) is 17.0 Å². The first-order chi connectivity index (χ1) is 10.0. The van der Waals surface area contributed by atoms with Gasteiger partial charge in [-0.3, -0.25) is 10.1 Å². The average molecular weight is 291 g/mol. The van der Waals surface area contributed by atoms with Gasteiger partial charge in [-0.2, -0.15) is 0 Å². The van der Waals surface area contributed by atoms with Crippen LogP contribution < -0.4 is 4.74 Å². The third-order valence-corrected chi connectivity index (χ3v) is 2.79. The molecule has 0 saturated heterocycles. The van der Waals surface area contributed by atoms with Gasteiger partial charge in [-0.25, -0.2) is 4.79 Å². The first-order valence-electron chi connectivity index (χ1n) is 6.06. The number of hydrogen-bond donors (Lipinski definition) is 0. The molecule has 0 atom stereocenters. The molecule has 0 N–H and O–H groups in total. The number of nitro benzene ring substituents is 1. The van der Waals surface area contributed by atoms with E-state index < -0.39 is 10.9 Å². The van der Waals surface area contributed by atoms with Crippen molar-refractivity contribution in [2.24, 2.45) is 0 Å². The summed E-state index contributed by atoms with van der Waals surface area (Å²) in [5.41, 5.74) is 0.542. The molecule has 0 aliphatic heterocycles. The Hall–Kier alpha value is -2.83. The molecule has 1 aromatic carbocycles. The zero-order valence-electron chi connectivity index (χ0n) is 11.5. The van der Waals surface area contributed by atoms with Gasteiger partial charge in [0.25, 0.3) is 5.69 Å². The van der Waals surface area contributed by atoms with Crippen molar-refractivity contribution in [2.75, 3.05) is 7.11 Å². The Kier molecular flexibility index (Phi) is 4.22. The molecule has 0 saturated carbocycles. The standard InChI is InChI=1S/C14H13NO6/c1-9-7-10(3-5-12(9)15(17)18)20-8-11-4-6-13(21-11)14(16)19-2/h3-7H,8H2,1-2H3. The number of methoxy groups -OCH3 is 1. The van der Waals surface area contributed by atoms with Crippen LogP contribution >= 0.6 is 0 Å². The van der Waals surface area contributed by atoms with Crippen molar-refractivity contribution < 1.29 is 23.6 Å². The SMILES string of the molecule is COC(=O)c1ccc(COc2ccc([N+](=O)[O-])c(C)c2)o1. The fourth-order valence-corrected chi connectivity index (χ4v) is 1.74. The van der Waals surface area contributed by atoms with Gasteiger partial charge in [0.15, 0.2) is 0 Å². The lowest BCUT2D eigenvalue weighted by Crippen LogP contribution is -1.99. The van der Waals surface area contributed by atoms with E-state index in [0.717, 1.165) is 0 Å². The van der Waals surface area contributed by atoms with Crippen LogP contribution in [-0.4, -0.2) is 18.0 Å². The van der Waals surface area contributed by atoms with E-state index >= 15 is 0 Å². The normalized spacial score (nSPS) is 10.2. The summed E-state index contributed by atoms with van der Waals surface area (Å²) in [5.74, 6) is 0.462. The number of carbonyl (C=O) groups is 1. The molecule has 0 amide bonds. The maximum atomic E-state index is 11.2. The highest BCUT2D eigenvalue weighted by Crippen LogP contribution is 2.24. The maximum Gasteiger partial charge on any atom is 0.373 e. The van der Waals surface area contributed by atoms with E-state index in [4.69, 9.17) is 9.15 Å². The Bertz CT molecular complexity index is 676. The van der Waals surface area contributed by atoms with E-state index in [1.54, 1.807) is 19.1 Å². The van der Waals surface area contributed by atoms with Crippen LogP contribution in [-0.2, 0) is 11.3 Å². The smallest absolute Gasteiger partial charge is 0.373 e. The Morgan fingerprint density at radius 2 is 2.10 bits per heavy atom. The quantitative estimate of drug-likeness (QED) is 0.478. The number of nitrogens with zero attached hydrogens (tertiary/aromatic N) is 1. The monoisotopic (exact) mass is 291 g/mol. The third-order valence-electron chi connectivity index (χ3n) is 2.79. The number of rotatable bonds is 5. The van der Waals surface area contributed by atoms with E-state index in [-0.39, 0.29) is 18.1 Å². The second kappa shape index (κ2) is 6.08. The lowest BCUT2D eigenvalue weighted by molar-refractivity contribution is -0.385. The van der Waals surface area contributed by atoms with Gasteiger partial charge < -0.3 is 13.9 Å². The number of furan rings is 1. The van der Waals surface area contributed by atoms with E-state index in [1.807, 2.05) is 0 Å². The van der Waals surface area contributed by atoms with Gasteiger partial charge in [0.2, 0.25) is 5.76 Å². The molecular formula is C14H13NO6. The second-order valence-corrected chi connectivity index (χ2v) is 4.25. The number of hydrogen-bond acceptors (Lipinski definition) is 6. The number of ether oxygens (including phenoxy) is 2. The van der Waals surface area contributed by atoms with Crippen molar-refractivity contribution in [3.63, 3.8) is 0 Å². The van der Waals surface area contributed by atoms with Gasteiger partial charge in [-0.1, -0.05) is 0 Å². The molecule has 0 radical (unpaired) electrons. The second-order valence-electron chi connectivity index (χ2n) is 4.25. The molecule has 21 heavy (non-hydrogen) atoms. The summed E-state index contributed by atoms with van der Waals surface area (Å²) in [6.07, 6.45) is 0. The van der Waals surface area contributed by atoms with Crippen molar-refractivity contribution in [1.29, 1.82) is 0 Å². The molecule has 110 valence electrons. The summed E-state index contributed by atoms with van der Waals surface area (Å²) in [5, 5.41) is 10.7. The van der Waals surface area contributed by atoms with Crippen LogP contribution in [0.15, 0.2) is 34.7 Å². The Labute approximate surface area is 120 Å². The highest BCUT2D eigenvalue weighted by atomic mass is 16.6. The molecule has 1 aromatic heterocycles. The third kappa shape index (κ3) is 3.38. The molecule has 0 unspecified atom stereocenters. The van der Waals surface area contributed by atoms with Gasteiger partial charge >= 0.3 is 5.97 Å². The molecule has 0 fully saturated rings. The summed E-state index contributed by atoms with van der Waals surface area (Å²) in [6.45, 7) is 1.74. The van der Waals surface area contributed by atoms with E-state index in [9.17, 15) is 14.9 Å². The molecule has 0 spiro atoms. The van der Waals surface area contributed by atoms with Crippen LogP contribution in [0.5, 0.6) is 5.75 Å². The molecule has 0 bridgehead atoms. The van der Waals surface area contributed by atoms with Crippen molar-refractivity contribution in [1.82, 2.24) is 0 Å². The van der Waals surface area contributed by atoms with Crippen molar-refractivity contribution >= 4 is 11.7 Å². The maximum absolute atomic E-state index is 11.2. The van der Waals surface area contributed by atoms with Gasteiger partial charge in [-0.15, -0.1) is 0 Å². The van der Waals surface area contributed by atoms with Gasteiger partial charge in [-0.05, 0) is 31.2 Å². The molecular weight excluding hydrogens is 278 g/mol. The zero-order chi connectivity index (χ0) is 15.4. The van der Waals surface area contributed by atoms with Crippen LogP contribution in [0.3, 0.4) is 0 Å². The minimum absolute atomic E-state index is 0.0355. The largest absolute Gasteiger partial charge is 0.486 e. The Morgan fingerprint density at radius 1 is 1.33 bits per heavy atom. The summed E-state index contributed by atoms with van der Waals surface area (Å²) >= 11 is 0. The van der Waals surface area contributed by atoms with Crippen molar-refractivity contribution in [3.8, 4) is 5.75 Å². The van der Waals surface area contributed by atoms with Crippen LogP contribution in [0.4, 0.5) is 5.69 Å². The lowest BCUT2D eigenvalue weighted by atomic mass is 10.2. The van der Waals surface area contributed by atoms with Crippen LogP contribution in [0.1, 0.15) is 21.9 Å². The van der Waals surface area contributed by atoms with Gasteiger partial charge in [0.05, 0.1) is 12.0 Å². The highest BCUT2D eigenvalue weighted by Gasteiger charge is 2.13. The van der Waals surface area contributed by atoms with Gasteiger partial charge in [0.1, 0.15) is 18.1 Å². The molecule has 7 heteroatoms. The van der Waals surface area contributed by atoms with Crippen LogP contribution in [0.2, 0.25) is 0 Å². The predicted octanol–water partition coefficient (Wildman–Crippen LogP) is 2.86. The first-order valence-corrected chi connectivity index (χ1v) is 6.06. The highest BCUT2D eigenvalue weighted by molar-refractivity contribution is 5.86. The van der Waals surface area contributed by atoms with E-state index in [2.05, 4.69) is 4.74 Å². The molecule has 7 nitrogen and oxygen atoms in total. The topological polar surface area (TPSA) is 91.8 Å². The molecule has 2 rings (SSSR count). The van der Waals surface area contributed by atoms with Gasteiger partial charge in [0, 0.05) is 11.6 Å². The summed E-state index contributed by atoms with van der Waals surface area (Å²) < 4.78 is 15.2. The number of carbonyl (C=O) groups excluding carboxylic acids is 1. The molecule has 0 aliphatic rings. The van der Waals surface area contributed by atoms with E-state index in [0.29, 0.717) is 17.1 Å². The number of nitro groups is 1. The van der Waals surface area contributed by atoms with Crippen molar-refractivity contribution in [2.45, 2.75) is 13.5 Å². The zero-order valence-corrected chi connectivity index (χ0v) is 11.5. The number of aryl methyl sites for hydroxylation is 1. The Morgan fingerprint density at radius 3 is 2.71 bits per heavy atom. The van der Waals surface area contributed by atoms with Crippen molar-refractivity contribution in [3.05, 3.63) is 57.5 Å². The summed E-state index contributed by atoms with van der Waals surface area (Å²) in [6, 6.07) is 7.56.